The van der Waals surface area contributed by atoms with Gasteiger partial charge in [0.05, 0.1) is 6.42 Å². The molecule has 0 unspecified atom stereocenters. The minimum absolute atomic E-state index is 0.0880. The van der Waals surface area contributed by atoms with Crippen LogP contribution in [0.2, 0.25) is 5.02 Å². The number of H-pyrrole nitrogens is 1. The third kappa shape index (κ3) is 3.93. The van der Waals surface area contributed by atoms with Crippen molar-refractivity contribution in [3.8, 4) is 0 Å². The molecule has 0 radical (unpaired) electrons. The van der Waals surface area contributed by atoms with E-state index in [4.69, 9.17) is 11.6 Å². The lowest BCUT2D eigenvalue weighted by molar-refractivity contribution is -0.121. The van der Waals surface area contributed by atoms with Gasteiger partial charge in [0.2, 0.25) is 5.91 Å². The molecule has 1 aromatic carbocycles. The highest BCUT2D eigenvalue weighted by atomic mass is 35.5. The maximum Gasteiger partial charge on any atom is 0.224 e. The van der Waals surface area contributed by atoms with Crippen LogP contribution in [0.4, 0.5) is 0 Å². The van der Waals surface area contributed by atoms with E-state index in [1.54, 1.807) is 0 Å². The molecule has 0 saturated carbocycles. The SMILES string of the molecule is CC[C@@H](CN1CCCC1)NC(=O)Cc1c(C)[nH]c2ccc(Cl)cc12. The van der Waals surface area contributed by atoms with Crippen molar-refractivity contribution < 1.29 is 4.79 Å². The molecule has 1 aliphatic heterocycles. The van der Waals surface area contributed by atoms with Crippen LogP contribution in [0.25, 0.3) is 10.9 Å². The van der Waals surface area contributed by atoms with E-state index in [9.17, 15) is 4.79 Å². The lowest BCUT2D eigenvalue weighted by Crippen LogP contribution is -2.43. The Labute approximate surface area is 148 Å². The van der Waals surface area contributed by atoms with E-state index in [0.717, 1.165) is 48.2 Å². The number of nitrogens with one attached hydrogen (secondary N) is 2. The minimum atomic E-state index is 0.0880. The van der Waals surface area contributed by atoms with Gasteiger partial charge in [-0.25, -0.2) is 0 Å². The lowest BCUT2D eigenvalue weighted by atomic mass is 10.1. The Balaban J connectivity index is 1.67. The molecule has 4 nitrogen and oxygen atoms in total. The summed E-state index contributed by atoms with van der Waals surface area (Å²) in [5.41, 5.74) is 3.11. The van der Waals surface area contributed by atoms with Gasteiger partial charge in [0.15, 0.2) is 0 Å². The van der Waals surface area contributed by atoms with Crippen molar-refractivity contribution in [2.45, 2.75) is 45.6 Å². The van der Waals surface area contributed by atoms with E-state index in [2.05, 4.69) is 22.1 Å². The number of nitrogens with zero attached hydrogens (tertiary/aromatic N) is 1. The van der Waals surface area contributed by atoms with Crippen LogP contribution in [0.3, 0.4) is 0 Å². The second-order valence-corrected chi connectivity index (χ2v) is 7.21. The predicted octanol–water partition coefficient (Wildman–Crippen LogP) is 3.66. The number of hydrogen-bond acceptors (Lipinski definition) is 2. The molecule has 3 rings (SSSR count). The molecule has 5 heteroatoms. The van der Waals surface area contributed by atoms with Crippen LogP contribution < -0.4 is 5.32 Å². The summed E-state index contributed by atoms with van der Waals surface area (Å²) in [5, 5.41) is 4.95. The van der Waals surface area contributed by atoms with Crippen LogP contribution in [0.5, 0.6) is 0 Å². The summed E-state index contributed by atoms with van der Waals surface area (Å²) in [5.74, 6) is 0.0880. The molecule has 2 heterocycles. The van der Waals surface area contributed by atoms with E-state index in [0.29, 0.717) is 11.4 Å². The summed E-state index contributed by atoms with van der Waals surface area (Å²) in [7, 11) is 0. The number of aromatic amines is 1. The molecule has 2 N–H and O–H groups in total. The smallest absolute Gasteiger partial charge is 0.224 e. The van der Waals surface area contributed by atoms with Gasteiger partial charge in [-0.15, -0.1) is 0 Å². The van der Waals surface area contributed by atoms with Gasteiger partial charge in [-0.05, 0) is 63.0 Å². The van der Waals surface area contributed by atoms with Crippen LogP contribution in [-0.4, -0.2) is 41.5 Å². The number of aryl methyl sites for hydroxylation is 1. The van der Waals surface area contributed by atoms with Gasteiger partial charge in [-0.2, -0.15) is 0 Å². The van der Waals surface area contributed by atoms with E-state index in [1.165, 1.54) is 12.8 Å². The Hall–Kier alpha value is -1.52. The summed E-state index contributed by atoms with van der Waals surface area (Å²) in [6.07, 6.45) is 3.91. The Morgan fingerprint density at radius 3 is 2.83 bits per heavy atom. The molecule has 24 heavy (non-hydrogen) atoms. The Morgan fingerprint density at radius 2 is 2.12 bits per heavy atom. The molecule has 1 amide bonds. The largest absolute Gasteiger partial charge is 0.358 e. The molecular weight excluding hydrogens is 322 g/mol. The molecule has 0 aliphatic carbocycles. The molecule has 130 valence electrons. The van der Waals surface area contributed by atoms with Crippen LogP contribution >= 0.6 is 11.6 Å². The van der Waals surface area contributed by atoms with Crippen LogP contribution in [-0.2, 0) is 11.2 Å². The molecule has 0 spiro atoms. The average Bonchev–Trinajstić information content (AvgIpc) is 3.16. The van der Waals surface area contributed by atoms with E-state index < -0.39 is 0 Å². The van der Waals surface area contributed by atoms with Gasteiger partial charge in [0, 0.05) is 34.2 Å². The number of likely N-dealkylation sites (tertiary alicyclic amines) is 1. The van der Waals surface area contributed by atoms with Crippen LogP contribution in [0.1, 0.15) is 37.4 Å². The fraction of sp³-hybridized carbons (Fsp3) is 0.526. The summed E-state index contributed by atoms with van der Waals surface area (Å²) in [6.45, 7) is 7.43. The van der Waals surface area contributed by atoms with Crippen molar-refractivity contribution in [1.29, 1.82) is 0 Å². The molecule has 1 aromatic heterocycles. The second kappa shape index (κ2) is 7.58. The molecule has 1 atom stereocenters. The average molecular weight is 348 g/mol. The van der Waals surface area contributed by atoms with Crippen LogP contribution in [0, 0.1) is 6.92 Å². The summed E-state index contributed by atoms with van der Waals surface area (Å²) >= 11 is 6.12. The zero-order valence-corrected chi connectivity index (χ0v) is 15.2. The normalized spacial score (nSPS) is 16.6. The van der Waals surface area contributed by atoms with E-state index >= 15 is 0 Å². The highest BCUT2D eigenvalue weighted by Gasteiger charge is 2.19. The molecule has 1 aliphatic rings. The zero-order chi connectivity index (χ0) is 17.1. The monoisotopic (exact) mass is 347 g/mol. The summed E-state index contributed by atoms with van der Waals surface area (Å²) in [4.78, 5) is 18.3. The van der Waals surface area contributed by atoms with Crippen molar-refractivity contribution in [2.24, 2.45) is 0 Å². The number of benzene rings is 1. The number of carbonyl (C=O) groups is 1. The number of carbonyl (C=O) groups excluding carboxylic acids is 1. The first-order valence-corrected chi connectivity index (χ1v) is 9.23. The van der Waals surface area contributed by atoms with Crippen molar-refractivity contribution in [3.63, 3.8) is 0 Å². The molecule has 2 aromatic rings. The Morgan fingerprint density at radius 1 is 1.38 bits per heavy atom. The van der Waals surface area contributed by atoms with Gasteiger partial charge in [-0.3, -0.25) is 4.79 Å². The molecule has 1 saturated heterocycles. The maximum atomic E-state index is 12.6. The van der Waals surface area contributed by atoms with Gasteiger partial charge in [0.1, 0.15) is 0 Å². The zero-order valence-electron chi connectivity index (χ0n) is 14.5. The Kier molecular flexibility index (Phi) is 5.47. The van der Waals surface area contributed by atoms with Crippen LogP contribution in [0.15, 0.2) is 18.2 Å². The van der Waals surface area contributed by atoms with E-state index in [1.807, 2.05) is 25.1 Å². The third-order valence-corrected chi connectivity index (χ3v) is 5.19. The van der Waals surface area contributed by atoms with Crippen molar-refractivity contribution in [3.05, 3.63) is 34.5 Å². The van der Waals surface area contributed by atoms with Gasteiger partial charge in [-0.1, -0.05) is 18.5 Å². The number of amides is 1. The molecule has 0 bridgehead atoms. The topological polar surface area (TPSA) is 48.1 Å². The minimum Gasteiger partial charge on any atom is -0.358 e. The first kappa shape index (κ1) is 17.3. The first-order valence-electron chi connectivity index (χ1n) is 8.85. The molecule has 1 fully saturated rings. The van der Waals surface area contributed by atoms with Gasteiger partial charge in [0.25, 0.3) is 0 Å². The first-order chi connectivity index (χ1) is 11.6. The third-order valence-electron chi connectivity index (χ3n) is 4.95. The second-order valence-electron chi connectivity index (χ2n) is 6.78. The standard InChI is InChI=1S/C19H26ClN3O/c1-3-15(12-23-8-4-5-9-23)22-19(24)11-16-13(2)21-18-7-6-14(20)10-17(16)18/h6-7,10,15,21H,3-5,8-9,11-12H2,1-2H3,(H,22,24)/t15-/m0/s1. The maximum absolute atomic E-state index is 12.6. The fourth-order valence-corrected chi connectivity index (χ4v) is 3.75. The number of aromatic nitrogens is 1. The quantitative estimate of drug-likeness (QED) is 0.837. The predicted molar refractivity (Wildman–Crippen MR) is 99.6 cm³/mol. The van der Waals surface area contributed by atoms with Gasteiger partial charge < -0.3 is 15.2 Å². The fourth-order valence-electron chi connectivity index (χ4n) is 3.58. The van der Waals surface area contributed by atoms with E-state index in [-0.39, 0.29) is 11.9 Å². The highest BCUT2D eigenvalue weighted by Crippen LogP contribution is 2.25. The van der Waals surface area contributed by atoms with Crippen molar-refractivity contribution in [1.82, 2.24) is 15.2 Å². The summed E-state index contributed by atoms with van der Waals surface area (Å²) in [6, 6.07) is 6.00. The van der Waals surface area contributed by atoms with Crippen molar-refractivity contribution in [2.75, 3.05) is 19.6 Å². The number of halogens is 1. The highest BCUT2D eigenvalue weighted by molar-refractivity contribution is 6.31. The molecular formula is C19H26ClN3O. The lowest BCUT2D eigenvalue weighted by Gasteiger charge is -2.23. The number of rotatable bonds is 6. The van der Waals surface area contributed by atoms with Crippen molar-refractivity contribution >= 4 is 28.4 Å². The van der Waals surface area contributed by atoms with Gasteiger partial charge >= 0.3 is 0 Å². The summed E-state index contributed by atoms with van der Waals surface area (Å²) < 4.78 is 0. The number of hydrogen-bond donors (Lipinski definition) is 2. The number of fused-ring (bicyclic) bond motifs is 1. The Bertz CT molecular complexity index is 719.